The average Bonchev–Trinajstić information content (AvgIpc) is 3.84. The van der Waals surface area contributed by atoms with Crippen molar-refractivity contribution in [2.45, 2.75) is 5.41 Å². The van der Waals surface area contributed by atoms with Gasteiger partial charge in [0.15, 0.2) is 5.82 Å². The van der Waals surface area contributed by atoms with Gasteiger partial charge in [0.2, 0.25) is 0 Å². The molecular weight excluding hydrogens is 633 g/mol. The van der Waals surface area contributed by atoms with Crippen LogP contribution in [0, 0.1) is 0 Å². The first-order chi connectivity index (χ1) is 25.8. The first-order valence-electron chi connectivity index (χ1n) is 17.8. The van der Waals surface area contributed by atoms with Crippen LogP contribution in [-0.4, -0.2) is 19.5 Å². The molecule has 0 atom stereocenters. The molecule has 0 radical (unpaired) electrons. The fourth-order valence-electron chi connectivity index (χ4n) is 9.29. The molecule has 0 saturated carbocycles. The molecule has 0 unspecified atom stereocenters. The highest BCUT2D eigenvalue weighted by atomic mass is 15.1. The maximum absolute atomic E-state index is 5.57. The van der Waals surface area contributed by atoms with Gasteiger partial charge in [-0.3, -0.25) is 4.57 Å². The number of para-hydroxylation sites is 1. The Bertz CT molecular complexity index is 3090. The predicted octanol–water partition coefficient (Wildman–Crippen LogP) is 11.3. The second-order valence-corrected chi connectivity index (χ2v) is 13.9. The monoisotopic (exact) mass is 660 g/mol. The van der Waals surface area contributed by atoms with Crippen LogP contribution in [-0.2, 0) is 5.41 Å². The molecule has 0 N–H and O–H groups in total. The lowest BCUT2D eigenvalue weighted by molar-refractivity contribution is 0.738. The minimum absolute atomic E-state index is 0.511. The lowest BCUT2D eigenvalue weighted by atomic mass is 9.73. The molecule has 2 aromatic heterocycles. The van der Waals surface area contributed by atoms with Gasteiger partial charge in [-0.1, -0.05) is 146 Å². The van der Waals surface area contributed by atoms with E-state index >= 15 is 0 Å². The van der Waals surface area contributed by atoms with E-state index in [9.17, 15) is 0 Å². The van der Waals surface area contributed by atoms with E-state index in [1.165, 1.54) is 44.3 Å². The summed E-state index contributed by atoms with van der Waals surface area (Å²) in [4.78, 5) is 16.4. The molecule has 1 aliphatic heterocycles. The number of hydrogen-bond donors (Lipinski definition) is 0. The summed E-state index contributed by atoms with van der Waals surface area (Å²) >= 11 is 0. The number of fused-ring (bicyclic) bond motifs is 18. The lowest BCUT2D eigenvalue weighted by Gasteiger charge is -2.27. The van der Waals surface area contributed by atoms with Crippen molar-refractivity contribution in [3.05, 3.63) is 192 Å². The Hall–Kier alpha value is -6.91. The van der Waals surface area contributed by atoms with E-state index < -0.39 is 5.41 Å². The van der Waals surface area contributed by atoms with Crippen LogP contribution in [0.25, 0.3) is 82.9 Å². The third-order valence-corrected chi connectivity index (χ3v) is 11.4. The smallest absolute Gasteiger partial charge is 0.160 e. The van der Waals surface area contributed by atoms with Crippen LogP contribution in [0.1, 0.15) is 22.5 Å². The molecule has 1 spiro atoms. The van der Waals surface area contributed by atoms with Crippen molar-refractivity contribution in [3.63, 3.8) is 0 Å². The minimum atomic E-state index is -0.511. The summed E-state index contributed by atoms with van der Waals surface area (Å²) in [6, 6.07) is 60.8. The van der Waals surface area contributed by atoms with Gasteiger partial charge in [0, 0.05) is 21.9 Å². The summed E-state index contributed by atoms with van der Waals surface area (Å²) in [6.45, 7) is 0. The second-order valence-electron chi connectivity index (χ2n) is 13.9. The van der Waals surface area contributed by atoms with E-state index in [-0.39, 0.29) is 0 Å². The Morgan fingerprint density at radius 1 is 0.442 bits per heavy atom. The van der Waals surface area contributed by atoms with Crippen LogP contribution in [0.15, 0.2) is 170 Å². The van der Waals surface area contributed by atoms with Gasteiger partial charge in [-0.05, 0) is 68.2 Å². The van der Waals surface area contributed by atoms with Gasteiger partial charge in [0.25, 0.3) is 0 Å². The van der Waals surface area contributed by atoms with Crippen LogP contribution in [0.4, 0.5) is 0 Å². The summed E-state index contributed by atoms with van der Waals surface area (Å²) in [5, 5.41) is 5.75. The molecule has 10 aromatic rings. The van der Waals surface area contributed by atoms with Crippen molar-refractivity contribution < 1.29 is 0 Å². The molecule has 0 fully saturated rings. The molecule has 240 valence electrons. The molecule has 4 nitrogen and oxygen atoms in total. The van der Waals surface area contributed by atoms with Crippen LogP contribution in [0.2, 0.25) is 0 Å². The molecule has 3 heterocycles. The first-order valence-corrected chi connectivity index (χ1v) is 17.8. The van der Waals surface area contributed by atoms with E-state index in [1.54, 1.807) is 0 Å². The fraction of sp³-hybridized carbons (Fsp3) is 0.0208. The molecule has 4 heteroatoms. The Kier molecular flexibility index (Phi) is 5.40. The molecule has 2 aliphatic rings. The molecule has 0 amide bonds. The van der Waals surface area contributed by atoms with E-state index in [2.05, 4.69) is 174 Å². The van der Waals surface area contributed by atoms with Gasteiger partial charge in [-0.25, -0.2) is 15.0 Å². The summed E-state index contributed by atoms with van der Waals surface area (Å²) in [6.07, 6.45) is 0. The van der Waals surface area contributed by atoms with Gasteiger partial charge in [-0.15, -0.1) is 0 Å². The third kappa shape index (κ3) is 3.43. The Morgan fingerprint density at radius 3 is 1.79 bits per heavy atom. The van der Waals surface area contributed by atoms with Gasteiger partial charge in [0.1, 0.15) is 11.2 Å². The molecule has 12 rings (SSSR count). The zero-order valence-electron chi connectivity index (χ0n) is 28.0. The van der Waals surface area contributed by atoms with E-state index in [4.69, 9.17) is 15.0 Å². The topological polar surface area (TPSA) is 43.6 Å². The van der Waals surface area contributed by atoms with Gasteiger partial charge < -0.3 is 0 Å². The van der Waals surface area contributed by atoms with Crippen molar-refractivity contribution in [1.82, 2.24) is 19.5 Å². The zero-order valence-corrected chi connectivity index (χ0v) is 28.0. The molecule has 52 heavy (non-hydrogen) atoms. The zero-order chi connectivity index (χ0) is 34.0. The Balaban J connectivity index is 1.15. The fourth-order valence-corrected chi connectivity index (χ4v) is 9.29. The Labute approximate surface area is 299 Å². The van der Waals surface area contributed by atoms with Gasteiger partial charge in [0.05, 0.1) is 27.9 Å². The quantitative estimate of drug-likeness (QED) is 0.173. The number of imidazole rings is 1. The standard InChI is InChI=1S/C48H28N4/c1-2-14-29(15-3-1)44-43-35-20-6-4-16-31(35)32-17-5-7-21-36(32)45(43)51-46(50-44)30-26-27-42-40(28-30)49-47-48(39-24-12-13-25-41(39)52(42)47)37-22-10-8-18-33(37)34-19-9-11-23-38(34)48/h1-28H. The summed E-state index contributed by atoms with van der Waals surface area (Å²) < 4.78 is 2.38. The van der Waals surface area contributed by atoms with Crippen molar-refractivity contribution in [1.29, 1.82) is 0 Å². The maximum atomic E-state index is 5.57. The van der Waals surface area contributed by atoms with Crippen LogP contribution in [0.5, 0.6) is 0 Å². The maximum Gasteiger partial charge on any atom is 0.160 e. The largest absolute Gasteiger partial charge is 0.295 e. The van der Waals surface area contributed by atoms with Gasteiger partial charge in [-0.2, -0.15) is 0 Å². The highest BCUT2D eigenvalue weighted by Gasteiger charge is 2.54. The lowest BCUT2D eigenvalue weighted by Crippen LogP contribution is -2.27. The molecule has 0 bridgehead atoms. The Morgan fingerprint density at radius 2 is 1.04 bits per heavy atom. The van der Waals surface area contributed by atoms with Crippen molar-refractivity contribution in [2.75, 3.05) is 0 Å². The number of rotatable bonds is 2. The average molecular weight is 661 g/mol. The van der Waals surface area contributed by atoms with Gasteiger partial charge >= 0.3 is 0 Å². The van der Waals surface area contributed by atoms with E-state index in [0.717, 1.165) is 55.4 Å². The molecule has 8 aromatic carbocycles. The summed E-state index contributed by atoms with van der Waals surface area (Å²) in [7, 11) is 0. The van der Waals surface area contributed by atoms with Crippen molar-refractivity contribution >= 4 is 43.5 Å². The van der Waals surface area contributed by atoms with Crippen molar-refractivity contribution in [2.24, 2.45) is 0 Å². The number of hydrogen-bond acceptors (Lipinski definition) is 3. The predicted molar refractivity (Wildman–Crippen MR) is 211 cm³/mol. The normalized spacial score (nSPS) is 13.5. The molecule has 1 aliphatic carbocycles. The van der Waals surface area contributed by atoms with E-state index in [1.807, 2.05) is 0 Å². The number of benzene rings is 8. The minimum Gasteiger partial charge on any atom is -0.295 e. The molecule has 0 saturated heterocycles. The second kappa shape index (κ2) is 10.1. The van der Waals surface area contributed by atoms with E-state index in [0.29, 0.717) is 5.82 Å². The van der Waals surface area contributed by atoms with Crippen molar-refractivity contribution in [3.8, 4) is 39.5 Å². The summed E-state index contributed by atoms with van der Waals surface area (Å²) in [5.74, 6) is 1.72. The van der Waals surface area contributed by atoms with Crippen LogP contribution < -0.4 is 0 Å². The summed E-state index contributed by atoms with van der Waals surface area (Å²) in [5.41, 5.74) is 12.9. The molecular formula is C48H28N4. The van der Waals surface area contributed by atoms with Crippen LogP contribution >= 0.6 is 0 Å². The SMILES string of the molecule is c1ccc(-c2nc(-c3ccc4c(c3)nc3n4-c4ccccc4C34c3ccccc3-c3ccccc34)nc3c4ccccc4c4ccccc4c23)cc1. The number of nitrogens with zero attached hydrogens (tertiary/aromatic N) is 4. The van der Waals surface area contributed by atoms with Crippen LogP contribution in [0.3, 0.4) is 0 Å². The third-order valence-electron chi connectivity index (χ3n) is 11.4. The highest BCUT2D eigenvalue weighted by Crippen LogP contribution is 2.60. The highest BCUT2D eigenvalue weighted by molar-refractivity contribution is 6.27. The first kappa shape index (κ1) is 27.9. The number of aromatic nitrogens is 4.